The number of nitrogens with zero attached hydrogens (tertiary/aromatic N) is 2. The van der Waals surface area contributed by atoms with Crippen molar-refractivity contribution in [3.63, 3.8) is 0 Å². The van der Waals surface area contributed by atoms with Crippen molar-refractivity contribution in [1.82, 2.24) is 15.1 Å². The Labute approximate surface area is 221 Å². The van der Waals surface area contributed by atoms with Crippen LogP contribution in [-0.2, 0) is 4.74 Å². The van der Waals surface area contributed by atoms with Crippen molar-refractivity contribution in [2.24, 2.45) is 0 Å². The van der Waals surface area contributed by atoms with Gasteiger partial charge in [-0.05, 0) is 80.3 Å². The summed E-state index contributed by atoms with van der Waals surface area (Å²) in [5.74, 6) is 0.680. The third kappa shape index (κ3) is 5.92. The van der Waals surface area contributed by atoms with Gasteiger partial charge < -0.3 is 20.1 Å². The summed E-state index contributed by atoms with van der Waals surface area (Å²) >= 11 is 0. The van der Waals surface area contributed by atoms with Crippen LogP contribution in [-0.4, -0.2) is 34.9 Å². The zero-order valence-corrected chi connectivity index (χ0v) is 21.4. The molecule has 1 amide bonds. The molecule has 1 aromatic heterocycles. The van der Waals surface area contributed by atoms with Crippen LogP contribution < -0.4 is 20.9 Å². The number of rotatable bonds is 8. The number of carbonyl (C=O) groups is 1. The van der Waals surface area contributed by atoms with E-state index in [1.54, 1.807) is 24.3 Å². The Morgan fingerprint density at radius 3 is 2.58 bits per heavy atom. The molecule has 0 radical (unpaired) electrons. The molecule has 4 aromatic rings. The molecule has 2 N–H and O–H groups in total. The number of carbonyl (C=O) groups excluding carboxylic acids is 1. The molecule has 1 aliphatic heterocycles. The second kappa shape index (κ2) is 11.3. The normalized spacial score (nSPS) is 14.7. The Kier molecular flexibility index (Phi) is 7.51. The molecular weight excluding hydrogens is 480 g/mol. The maximum Gasteiger partial charge on any atom is 0.299 e. The summed E-state index contributed by atoms with van der Waals surface area (Å²) in [6.45, 7) is 5.18. The van der Waals surface area contributed by atoms with Gasteiger partial charge in [-0.1, -0.05) is 30.3 Å². The van der Waals surface area contributed by atoms with Gasteiger partial charge in [-0.25, -0.2) is 0 Å². The Balaban J connectivity index is 1.46. The van der Waals surface area contributed by atoms with Crippen LogP contribution >= 0.6 is 0 Å². The van der Waals surface area contributed by atoms with Crippen LogP contribution in [0.4, 0.5) is 11.4 Å². The number of nitrogens with one attached hydrogen (secondary N) is 2. The SMILES string of the molecule is Cc1cc(C)cc(Oc2cnn(-c3ccccc3)c(=O)c2Nc2cccc(C(=O)NC[C@@H]3CCCO3)c2)c1. The Morgan fingerprint density at radius 2 is 1.84 bits per heavy atom. The van der Waals surface area contributed by atoms with Crippen molar-refractivity contribution in [1.29, 1.82) is 0 Å². The maximum atomic E-state index is 13.7. The predicted molar refractivity (Wildman–Crippen MR) is 147 cm³/mol. The first-order chi connectivity index (χ1) is 18.5. The number of para-hydroxylation sites is 1. The minimum atomic E-state index is -0.383. The largest absolute Gasteiger partial charge is 0.453 e. The first kappa shape index (κ1) is 25.2. The molecule has 5 rings (SSSR count). The Morgan fingerprint density at radius 1 is 1.05 bits per heavy atom. The number of ether oxygens (including phenoxy) is 2. The highest BCUT2D eigenvalue weighted by atomic mass is 16.5. The molecule has 0 bridgehead atoms. The molecule has 194 valence electrons. The van der Waals surface area contributed by atoms with Crippen LogP contribution in [0.1, 0.15) is 34.3 Å². The van der Waals surface area contributed by atoms with Crippen LogP contribution in [0.3, 0.4) is 0 Å². The maximum absolute atomic E-state index is 13.7. The van der Waals surface area contributed by atoms with E-state index in [4.69, 9.17) is 9.47 Å². The molecule has 1 aliphatic rings. The fourth-order valence-electron chi connectivity index (χ4n) is 4.50. The average Bonchev–Trinajstić information content (AvgIpc) is 3.43. The first-order valence-corrected chi connectivity index (χ1v) is 12.7. The average molecular weight is 511 g/mol. The van der Waals surface area contributed by atoms with Gasteiger partial charge in [0.1, 0.15) is 5.75 Å². The van der Waals surface area contributed by atoms with Gasteiger partial charge in [0.25, 0.3) is 11.5 Å². The van der Waals surface area contributed by atoms with Gasteiger partial charge in [-0.15, -0.1) is 0 Å². The first-order valence-electron chi connectivity index (χ1n) is 12.7. The van der Waals surface area contributed by atoms with Crippen molar-refractivity contribution in [2.75, 3.05) is 18.5 Å². The van der Waals surface area contributed by atoms with Crippen LogP contribution in [0.5, 0.6) is 11.5 Å². The van der Waals surface area contributed by atoms with Gasteiger partial charge in [-0.3, -0.25) is 9.59 Å². The van der Waals surface area contributed by atoms with E-state index in [1.807, 2.05) is 62.4 Å². The van der Waals surface area contributed by atoms with Crippen LogP contribution in [0, 0.1) is 13.8 Å². The number of aryl methyl sites for hydroxylation is 2. The fraction of sp³-hybridized carbons (Fsp3) is 0.233. The Hall–Kier alpha value is -4.43. The second-order valence-electron chi connectivity index (χ2n) is 9.41. The van der Waals surface area contributed by atoms with Crippen molar-refractivity contribution in [3.05, 3.63) is 106 Å². The number of hydrogen-bond donors (Lipinski definition) is 2. The summed E-state index contributed by atoms with van der Waals surface area (Å²) in [5.41, 5.74) is 3.58. The molecular formula is C30H30N4O4. The number of benzene rings is 3. The molecule has 2 heterocycles. The monoisotopic (exact) mass is 510 g/mol. The van der Waals surface area contributed by atoms with Crippen LogP contribution in [0.2, 0.25) is 0 Å². The molecule has 0 saturated carbocycles. The molecule has 0 unspecified atom stereocenters. The van der Waals surface area contributed by atoms with Gasteiger partial charge in [0.05, 0.1) is 18.0 Å². The number of amides is 1. The second-order valence-corrected chi connectivity index (χ2v) is 9.41. The number of hydrogen-bond acceptors (Lipinski definition) is 6. The van der Waals surface area contributed by atoms with Gasteiger partial charge in [0.2, 0.25) is 0 Å². The minimum absolute atomic E-state index is 0.0542. The predicted octanol–water partition coefficient (Wildman–Crippen LogP) is 5.29. The lowest BCUT2D eigenvalue weighted by Crippen LogP contribution is -2.31. The Bertz CT molecular complexity index is 1470. The molecule has 38 heavy (non-hydrogen) atoms. The van der Waals surface area contributed by atoms with Crippen molar-refractivity contribution in [2.45, 2.75) is 32.8 Å². The lowest BCUT2D eigenvalue weighted by molar-refractivity contribution is 0.0858. The van der Waals surface area contributed by atoms with E-state index in [2.05, 4.69) is 15.7 Å². The standard InChI is InChI=1S/C30H30N4O4/c1-20-14-21(2)16-26(15-20)38-27-19-32-34(24-10-4-3-5-11-24)30(36)28(27)33-23-9-6-8-22(17-23)29(35)31-18-25-12-7-13-37-25/h3-6,8-11,14-17,19,25,33H,7,12-13,18H2,1-2H3,(H,31,35)/t25-/m0/s1. The molecule has 0 aliphatic carbocycles. The van der Waals surface area contributed by atoms with Crippen molar-refractivity contribution in [3.8, 4) is 17.2 Å². The van der Waals surface area contributed by atoms with Gasteiger partial charge in [-0.2, -0.15) is 9.78 Å². The molecule has 3 aromatic carbocycles. The van der Waals surface area contributed by atoms with Crippen molar-refractivity contribution >= 4 is 17.3 Å². The highest BCUT2D eigenvalue weighted by Crippen LogP contribution is 2.30. The quantitative estimate of drug-likeness (QED) is 0.334. The van der Waals surface area contributed by atoms with E-state index in [0.717, 1.165) is 30.6 Å². The lowest BCUT2D eigenvalue weighted by Gasteiger charge is -2.16. The molecule has 0 spiro atoms. The lowest BCUT2D eigenvalue weighted by atomic mass is 10.1. The van der Waals surface area contributed by atoms with Gasteiger partial charge in [0, 0.05) is 24.4 Å². The van der Waals surface area contributed by atoms with E-state index in [-0.39, 0.29) is 29.0 Å². The highest BCUT2D eigenvalue weighted by Gasteiger charge is 2.18. The summed E-state index contributed by atoms with van der Waals surface area (Å²) in [5, 5.41) is 10.5. The topological polar surface area (TPSA) is 94.5 Å². The van der Waals surface area contributed by atoms with E-state index >= 15 is 0 Å². The summed E-state index contributed by atoms with van der Waals surface area (Å²) in [6.07, 6.45) is 3.53. The molecule has 8 heteroatoms. The summed E-state index contributed by atoms with van der Waals surface area (Å²) in [4.78, 5) is 26.4. The summed E-state index contributed by atoms with van der Waals surface area (Å²) in [6, 6.07) is 22.0. The summed E-state index contributed by atoms with van der Waals surface area (Å²) in [7, 11) is 0. The minimum Gasteiger partial charge on any atom is -0.453 e. The number of anilines is 2. The van der Waals surface area contributed by atoms with E-state index < -0.39 is 0 Å². The molecule has 1 saturated heterocycles. The van der Waals surface area contributed by atoms with Crippen LogP contribution in [0.25, 0.3) is 5.69 Å². The third-order valence-corrected chi connectivity index (χ3v) is 6.28. The highest BCUT2D eigenvalue weighted by molar-refractivity contribution is 5.95. The smallest absolute Gasteiger partial charge is 0.299 e. The molecule has 1 fully saturated rings. The molecule has 8 nitrogen and oxygen atoms in total. The van der Waals surface area contributed by atoms with Crippen LogP contribution in [0.15, 0.2) is 83.8 Å². The van der Waals surface area contributed by atoms with E-state index in [9.17, 15) is 9.59 Å². The van der Waals surface area contributed by atoms with Gasteiger partial charge in [0.15, 0.2) is 11.4 Å². The van der Waals surface area contributed by atoms with Gasteiger partial charge >= 0.3 is 0 Å². The van der Waals surface area contributed by atoms with E-state index in [0.29, 0.717) is 29.2 Å². The zero-order chi connectivity index (χ0) is 26.5. The zero-order valence-electron chi connectivity index (χ0n) is 21.4. The summed E-state index contributed by atoms with van der Waals surface area (Å²) < 4.78 is 13.1. The number of aromatic nitrogens is 2. The van der Waals surface area contributed by atoms with E-state index in [1.165, 1.54) is 10.9 Å². The fourth-order valence-corrected chi connectivity index (χ4v) is 4.50. The third-order valence-electron chi connectivity index (χ3n) is 6.28. The van der Waals surface area contributed by atoms with Crippen molar-refractivity contribution < 1.29 is 14.3 Å². The molecule has 1 atom stereocenters.